The molecule has 2 heterocycles. The molecule has 3 rings (SSSR count). The summed E-state index contributed by atoms with van der Waals surface area (Å²) >= 11 is 0. The van der Waals surface area contributed by atoms with E-state index < -0.39 is 10.8 Å². The number of hydrogen-bond acceptors (Lipinski definition) is 4. The molecule has 0 spiro atoms. The van der Waals surface area contributed by atoms with E-state index in [4.69, 9.17) is 0 Å². The molecule has 1 aliphatic rings. The summed E-state index contributed by atoms with van der Waals surface area (Å²) in [5.74, 6) is 1.59. The Morgan fingerprint density at radius 2 is 2.05 bits per heavy atom. The van der Waals surface area contributed by atoms with Crippen molar-refractivity contribution in [1.29, 1.82) is 0 Å². The van der Waals surface area contributed by atoms with E-state index in [0.29, 0.717) is 6.04 Å². The van der Waals surface area contributed by atoms with E-state index in [9.17, 15) is 4.21 Å². The minimum absolute atomic E-state index is 0.391. The summed E-state index contributed by atoms with van der Waals surface area (Å²) in [4.78, 5) is 0. The van der Waals surface area contributed by atoms with Crippen LogP contribution in [0.15, 0.2) is 36.7 Å². The number of hydrogen-bond donors (Lipinski definition) is 1. The molecule has 0 bridgehead atoms. The lowest BCUT2D eigenvalue weighted by Gasteiger charge is -2.24. The average Bonchev–Trinajstić information content (AvgIpc) is 2.96. The van der Waals surface area contributed by atoms with Crippen molar-refractivity contribution >= 4 is 16.5 Å². The van der Waals surface area contributed by atoms with Crippen molar-refractivity contribution in [2.24, 2.45) is 0 Å². The predicted molar refractivity (Wildman–Crippen MR) is 75.9 cm³/mol. The monoisotopic (exact) mass is 276 g/mol. The van der Waals surface area contributed by atoms with Crippen LogP contribution in [0.1, 0.15) is 12.8 Å². The number of rotatable bonds is 3. The van der Waals surface area contributed by atoms with E-state index in [1.807, 2.05) is 30.5 Å². The van der Waals surface area contributed by atoms with Crippen LogP contribution in [0.4, 0.5) is 5.69 Å². The molecule has 6 heteroatoms. The number of nitrogens with zero attached hydrogens (tertiary/aromatic N) is 3. The SMILES string of the molecule is O=S1CCC(Nc2ccccc2-n2ccnn2)CC1. The van der Waals surface area contributed by atoms with Gasteiger partial charge in [-0.1, -0.05) is 17.3 Å². The molecule has 0 unspecified atom stereocenters. The van der Waals surface area contributed by atoms with Crippen LogP contribution in [0.25, 0.3) is 5.69 Å². The Morgan fingerprint density at radius 1 is 1.26 bits per heavy atom. The molecular formula is C13H16N4OS. The van der Waals surface area contributed by atoms with Crippen molar-refractivity contribution in [3.05, 3.63) is 36.7 Å². The first kappa shape index (κ1) is 12.3. The van der Waals surface area contributed by atoms with Crippen LogP contribution in [-0.4, -0.2) is 36.8 Å². The maximum atomic E-state index is 11.4. The van der Waals surface area contributed by atoms with Crippen molar-refractivity contribution in [2.45, 2.75) is 18.9 Å². The second-order valence-corrected chi connectivity index (χ2v) is 6.33. The van der Waals surface area contributed by atoms with E-state index in [1.54, 1.807) is 10.9 Å². The smallest absolute Gasteiger partial charge is 0.0894 e. The molecule has 5 nitrogen and oxygen atoms in total. The first-order chi connectivity index (χ1) is 9.33. The Hall–Kier alpha value is -1.69. The molecule has 0 amide bonds. The first-order valence-electron chi connectivity index (χ1n) is 6.40. The van der Waals surface area contributed by atoms with E-state index in [1.165, 1.54) is 0 Å². The summed E-state index contributed by atoms with van der Waals surface area (Å²) < 4.78 is 13.1. The van der Waals surface area contributed by atoms with Gasteiger partial charge in [-0.3, -0.25) is 4.21 Å². The minimum Gasteiger partial charge on any atom is -0.381 e. The molecule has 1 N–H and O–H groups in total. The van der Waals surface area contributed by atoms with E-state index >= 15 is 0 Å². The van der Waals surface area contributed by atoms with Gasteiger partial charge in [-0.15, -0.1) is 5.10 Å². The fourth-order valence-corrected chi connectivity index (χ4v) is 3.59. The molecule has 19 heavy (non-hydrogen) atoms. The third-order valence-electron chi connectivity index (χ3n) is 3.32. The highest BCUT2D eigenvalue weighted by Gasteiger charge is 2.18. The van der Waals surface area contributed by atoms with Crippen LogP contribution in [0, 0.1) is 0 Å². The molecule has 0 atom stereocenters. The van der Waals surface area contributed by atoms with Crippen molar-refractivity contribution in [3.63, 3.8) is 0 Å². The predicted octanol–water partition coefficient (Wildman–Crippen LogP) is 1.59. The van der Waals surface area contributed by atoms with Gasteiger partial charge in [0.1, 0.15) is 0 Å². The lowest BCUT2D eigenvalue weighted by Crippen LogP contribution is -2.29. The van der Waals surface area contributed by atoms with Crippen LogP contribution < -0.4 is 5.32 Å². The maximum Gasteiger partial charge on any atom is 0.0894 e. The second kappa shape index (κ2) is 5.52. The third kappa shape index (κ3) is 2.84. The largest absolute Gasteiger partial charge is 0.381 e. The highest BCUT2D eigenvalue weighted by atomic mass is 32.2. The molecule has 0 saturated carbocycles. The van der Waals surface area contributed by atoms with Gasteiger partial charge in [0, 0.05) is 28.3 Å². The fourth-order valence-electron chi connectivity index (χ4n) is 2.29. The number of para-hydroxylation sites is 2. The molecule has 1 aromatic heterocycles. The highest BCUT2D eigenvalue weighted by molar-refractivity contribution is 7.85. The zero-order valence-electron chi connectivity index (χ0n) is 10.5. The van der Waals surface area contributed by atoms with Crippen molar-refractivity contribution in [2.75, 3.05) is 16.8 Å². The van der Waals surface area contributed by atoms with Crippen molar-refractivity contribution in [3.8, 4) is 5.69 Å². The van der Waals surface area contributed by atoms with Crippen LogP contribution in [0.5, 0.6) is 0 Å². The summed E-state index contributed by atoms with van der Waals surface area (Å²) in [5, 5.41) is 11.4. The van der Waals surface area contributed by atoms with Gasteiger partial charge < -0.3 is 5.32 Å². The Labute approximate surface area is 114 Å². The Kier molecular flexibility index (Phi) is 3.59. The van der Waals surface area contributed by atoms with Crippen LogP contribution >= 0.6 is 0 Å². The van der Waals surface area contributed by atoms with Crippen LogP contribution in [0.2, 0.25) is 0 Å². The molecule has 0 aliphatic carbocycles. The molecule has 1 aromatic carbocycles. The van der Waals surface area contributed by atoms with Crippen LogP contribution in [-0.2, 0) is 10.8 Å². The molecular weight excluding hydrogens is 260 g/mol. The van der Waals surface area contributed by atoms with Gasteiger partial charge in [0.05, 0.1) is 23.8 Å². The van der Waals surface area contributed by atoms with Gasteiger partial charge >= 0.3 is 0 Å². The highest BCUT2D eigenvalue weighted by Crippen LogP contribution is 2.22. The summed E-state index contributed by atoms with van der Waals surface area (Å²) in [6.07, 6.45) is 5.41. The van der Waals surface area contributed by atoms with Gasteiger partial charge in [-0.2, -0.15) is 0 Å². The van der Waals surface area contributed by atoms with E-state index in [-0.39, 0.29) is 0 Å². The van der Waals surface area contributed by atoms with Crippen LogP contribution in [0.3, 0.4) is 0 Å². The Balaban J connectivity index is 1.79. The van der Waals surface area contributed by atoms with Crippen molar-refractivity contribution in [1.82, 2.24) is 15.0 Å². The molecule has 0 radical (unpaired) electrons. The summed E-state index contributed by atoms with van der Waals surface area (Å²) in [7, 11) is -0.621. The summed E-state index contributed by atoms with van der Waals surface area (Å²) in [6.45, 7) is 0. The average molecular weight is 276 g/mol. The van der Waals surface area contributed by atoms with Gasteiger partial charge in [0.2, 0.25) is 0 Å². The quantitative estimate of drug-likeness (QED) is 0.925. The van der Waals surface area contributed by atoms with E-state index in [2.05, 4.69) is 15.6 Å². The zero-order chi connectivity index (χ0) is 13.1. The van der Waals surface area contributed by atoms with Gasteiger partial charge in [-0.05, 0) is 25.0 Å². The topological polar surface area (TPSA) is 59.8 Å². The lowest BCUT2D eigenvalue weighted by atomic mass is 10.1. The molecule has 1 saturated heterocycles. The van der Waals surface area contributed by atoms with Crippen molar-refractivity contribution < 1.29 is 4.21 Å². The third-order valence-corrected chi connectivity index (χ3v) is 4.70. The zero-order valence-corrected chi connectivity index (χ0v) is 11.3. The minimum atomic E-state index is -0.621. The summed E-state index contributed by atoms with van der Waals surface area (Å²) in [5.41, 5.74) is 2.04. The number of aromatic nitrogens is 3. The lowest BCUT2D eigenvalue weighted by molar-refractivity contribution is 0.623. The number of anilines is 1. The fraction of sp³-hybridized carbons (Fsp3) is 0.385. The van der Waals surface area contributed by atoms with E-state index in [0.717, 1.165) is 35.7 Å². The first-order valence-corrected chi connectivity index (χ1v) is 7.89. The van der Waals surface area contributed by atoms with Gasteiger partial charge in [-0.25, -0.2) is 4.68 Å². The molecule has 1 aliphatic heterocycles. The molecule has 100 valence electrons. The second-order valence-electron chi connectivity index (χ2n) is 4.63. The number of nitrogens with one attached hydrogen (secondary N) is 1. The maximum absolute atomic E-state index is 11.4. The Morgan fingerprint density at radius 3 is 2.79 bits per heavy atom. The molecule has 1 fully saturated rings. The standard InChI is InChI=1S/C13H16N4OS/c18-19-9-5-11(6-10-19)15-12-3-1-2-4-13(12)17-8-7-14-16-17/h1-4,7-8,11,15H,5-6,9-10H2. The normalized spacial score (nSPS) is 23.2. The van der Waals surface area contributed by atoms with Gasteiger partial charge in [0.25, 0.3) is 0 Å². The summed E-state index contributed by atoms with van der Waals surface area (Å²) in [6, 6.07) is 8.44. The van der Waals surface area contributed by atoms with Gasteiger partial charge in [0.15, 0.2) is 0 Å². The number of benzene rings is 1. The Bertz CT molecular complexity index is 560. The molecule has 2 aromatic rings.